The highest BCUT2D eigenvalue weighted by molar-refractivity contribution is 7.91. The smallest absolute Gasteiger partial charge is 0.243 e. The lowest BCUT2D eigenvalue weighted by molar-refractivity contribution is -0.138. The first kappa shape index (κ1) is 40.2. The predicted molar refractivity (Wildman–Crippen MR) is 208 cm³/mol. The monoisotopic (exact) mass is 767 g/mol. The lowest BCUT2D eigenvalue weighted by Crippen LogP contribution is -2.48. The van der Waals surface area contributed by atoms with Crippen molar-refractivity contribution in [2.45, 2.75) is 128 Å². The summed E-state index contributed by atoms with van der Waals surface area (Å²) in [5, 5.41) is 6.92. The van der Waals surface area contributed by atoms with E-state index in [2.05, 4.69) is 36.7 Å². The molecule has 0 spiro atoms. The molecule has 14 heteroatoms. The van der Waals surface area contributed by atoms with Gasteiger partial charge in [-0.2, -0.15) is 0 Å². The Morgan fingerprint density at radius 1 is 1.09 bits per heavy atom. The molecule has 1 saturated carbocycles. The minimum absolute atomic E-state index is 0.00974. The number of benzene rings is 1. The minimum Gasteiger partial charge on any atom is -0.496 e. The molecule has 3 aromatic rings. The molecule has 3 amide bonds. The van der Waals surface area contributed by atoms with E-state index in [0.717, 1.165) is 77.1 Å². The van der Waals surface area contributed by atoms with Crippen LogP contribution in [0.4, 0.5) is 0 Å². The van der Waals surface area contributed by atoms with Gasteiger partial charge >= 0.3 is 0 Å². The topological polar surface area (TPSA) is 157 Å². The van der Waals surface area contributed by atoms with Crippen molar-refractivity contribution in [1.29, 1.82) is 0 Å². The average molecular weight is 768 g/mol. The Balaban J connectivity index is 0.000000469. The van der Waals surface area contributed by atoms with Crippen LogP contribution >= 0.6 is 11.3 Å². The Morgan fingerprint density at radius 2 is 1.85 bits per heavy atom. The summed E-state index contributed by atoms with van der Waals surface area (Å²) in [6, 6.07) is 5.28. The van der Waals surface area contributed by atoms with E-state index in [1.807, 2.05) is 36.8 Å². The van der Waals surface area contributed by atoms with Crippen molar-refractivity contribution < 1.29 is 32.3 Å². The van der Waals surface area contributed by atoms with Gasteiger partial charge in [0.15, 0.2) is 0 Å². The molecule has 288 valence electrons. The second kappa shape index (κ2) is 17.4. The summed E-state index contributed by atoms with van der Waals surface area (Å²) in [6.07, 6.45) is 12.3. The largest absolute Gasteiger partial charge is 0.496 e. The van der Waals surface area contributed by atoms with E-state index in [9.17, 15) is 22.8 Å². The van der Waals surface area contributed by atoms with E-state index in [0.29, 0.717) is 43.9 Å². The lowest BCUT2D eigenvalue weighted by atomic mass is 10.1. The van der Waals surface area contributed by atoms with Crippen LogP contribution in [0, 0.1) is 6.92 Å². The van der Waals surface area contributed by atoms with Crippen LogP contribution in [0.25, 0.3) is 21.6 Å². The molecule has 2 aromatic heterocycles. The van der Waals surface area contributed by atoms with Gasteiger partial charge in [0.05, 0.1) is 29.6 Å². The fraction of sp³-hybridized carbons (Fsp3) is 0.564. The van der Waals surface area contributed by atoms with Gasteiger partial charge in [0.1, 0.15) is 34.3 Å². The van der Waals surface area contributed by atoms with Crippen LogP contribution in [0.3, 0.4) is 0 Å². The number of aromatic nitrogens is 2. The number of amides is 3. The first-order valence-electron chi connectivity index (χ1n) is 18.6. The number of nitrogens with zero attached hydrogens (tertiary/aromatic N) is 3. The van der Waals surface area contributed by atoms with Crippen molar-refractivity contribution >= 4 is 50.5 Å². The van der Waals surface area contributed by atoms with Crippen LogP contribution in [0.1, 0.15) is 109 Å². The van der Waals surface area contributed by atoms with Crippen molar-refractivity contribution in [3.63, 3.8) is 0 Å². The third-order valence-electron chi connectivity index (χ3n) is 10.2. The molecular weight excluding hydrogens is 715 g/mol. The van der Waals surface area contributed by atoms with Crippen LogP contribution in [0.2, 0.25) is 0 Å². The van der Waals surface area contributed by atoms with E-state index in [4.69, 9.17) is 19.4 Å². The molecule has 2 N–H and O–H groups in total. The maximum Gasteiger partial charge on any atom is 0.243 e. The number of thiazole rings is 1. The fourth-order valence-corrected chi connectivity index (χ4v) is 8.56. The van der Waals surface area contributed by atoms with Gasteiger partial charge in [-0.15, -0.1) is 11.3 Å². The number of carbonyl (C=O) groups is 3. The molecule has 2 fully saturated rings. The van der Waals surface area contributed by atoms with Crippen molar-refractivity contribution in [2.75, 3.05) is 13.7 Å². The number of nitrogens with one attached hydrogen (secondary N) is 2. The third kappa shape index (κ3) is 9.74. The number of hydrogen-bond donors (Lipinski definition) is 2. The third-order valence-corrected chi connectivity index (χ3v) is 13.2. The van der Waals surface area contributed by atoms with Gasteiger partial charge in [0, 0.05) is 41.3 Å². The van der Waals surface area contributed by atoms with E-state index < -0.39 is 20.8 Å². The van der Waals surface area contributed by atoms with Gasteiger partial charge in [-0.05, 0) is 77.3 Å². The number of carbonyl (C=O) groups excluding carboxylic acids is 3. The summed E-state index contributed by atoms with van der Waals surface area (Å²) >= 11 is 1.57. The van der Waals surface area contributed by atoms with Gasteiger partial charge in [0.2, 0.25) is 28.2 Å². The van der Waals surface area contributed by atoms with Gasteiger partial charge in [-0.25, -0.2) is 18.4 Å². The number of rotatable bonds is 8. The molecule has 1 aliphatic carbocycles. The van der Waals surface area contributed by atoms with Gasteiger partial charge < -0.3 is 19.7 Å². The lowest BCUT2D eigenvalue weighted by Gasteiger charge is -2.25. The van der Waals surface area contributed by atoms with Crippen LogP contribution in [-0.2, 0) is 24.4 Å². The van der Waals surface area contributed by atoms with E-state index >= 15 is 0 Å². The highest BCUT2D eigenvalue weighted by atomic mass is 32.2. The first-order chi connectivity index (χ1) is 25.3. The summed E-state index contributed by atoms with van der Waals surface area (Å²) < 4.78 is 35.4. The van der Waals surface area contributed by atoms with Crippen molar-refractivity contribution in [2.24, 2.45) is 0 Å². The van der Waals surface area contributed by atoms with Crippen LogP contribution < -0.4 is 19.5 Å². The number of fused-ring (bicyclic) bond motifs is 2. The number of aryl methyl sites for hydroxylation is 1. The Morgan fingerprint density at radius 3 is 2.53 bits per heavy atom. The molecule has 1 saturated heterocycles. The van der Waals surface area contributed by atoms with Crippen molar-refractivity contribution in [3.8, 4) is 22.2 Å². The fourth-order valence-electron chi connectivity index (χ4n) is 6.57. The van der Waals surface area contributed by atoms with Crippen LogP contribution in [-0.4, -0.2) is 78.1 Å². The Bertz CT molecular complexity index is 1920. The predicted octanol–water partition coefficient (Wildman–Crippen LogP) is 6.57. The van der Waals surface area contributed by atoms with Crippen LogP contribution in [0.5, 0.6) is 11.5 Å². The standard InChI is InChI=1S/C34H44N4O4S.C5H9NO3S/c1-21(2)27-20-43-34(37-27)26-18-30(25-15-16-29(41-5)23(4)32(25)36-26)42-24-17-28-33(40)35-22(3)13-11-9-7-6-8-10-12-14-31(39)38(28)19-24;1-5(2-3-5)10(8,9)6-4-7/h9,11,15-16,18,20-22,24,28H,6-8,10,12-14,17,19H2,1-5H3,(H,35,40);4H,2-3H2,1H3,(H,6,7)/b11-9-;/t22?,24-,28?;/m1./s1. The summed E-state index contributed by atoms with van der Waals surface area (Å²) in [4.78, 5) is 48.3. The maximum atomic E-state index is 13.5. The number of methoxy groups -OCH3 is 1. The Labute approximate surface area is 317 Å². The minimum atomic E-state index is -3.35. The zero-order valence-electron chi connectivity index (χ0n) is 31.6. The second-order valence-electron chi connectivity index (χ2n) is 14.8. The molecule has 12 nitrogen and oxygen atoms in total. The molecule has 4 heterocycles. The van der Waals surface area contributed by atoms with Crippen LogP contribution in [0.15, 0.2) is 35.7 Å². The molecular formula is C39H53N5O7S2. The molecule has 53 heavy (non-hydrogen) atoms. The van der Waals surface area contributed by atoms with E-state index in [-0.39, 0.29) is 30.4 Å². The highest BCUT2D eigenvalue weighted by Gasteiger charge is 2.50. The van der Waals surface area contributed by atoms with Gasteiger partial charge in [0.25, 0.3) is 0 Å². The van der Waals surface area contributed by atoms with Crippen molar-refractivity contribution in [1.82, 2.24) is 24.9 Å². The Kier molecular flexibility index (Phi) is 13.2. The second-order valence-corrected chi connectivity index (χ2v) is 17.9. The zero-order valence-corrected chi connectivity index (χ0v) is 33.3. The maximum absolute atomic E-state index is 13.5. The van der Waals surface area contributed by atoms with Gasteiger partial charge in [-0.3, -0.25) is 19.1 Å². The highest BCUT2D eigenvalue weighted by Crippen LogP contribution is 2.42. The molecule has 0 radical (unpaired) electrons. The summed E-state index contributed by atoms with van der Waals surface area (Å²) in [5.74, 6) is 1.65. The molecule has 3 atom stereocenters. The van der Waals surface area contributed by atoms with Gasteiger partial charge in [-0.1, -0.05) is 38.8 Å². The molecule has 0 bridgehead atoms. The molecule has 2 aliphatic heterocycles. The number of sulfonamides is 1. The normalized spacial score (nSPS) is 22.8. The molecule has 2 unspecified atom stereocenters. The van der Waals surface area contributed by atoms with Crippen molar-refractivity contribution in [3.05, 3.63) is 47.0 Å². The zero-order chi connectivity index (χ0) is 38.3. The molecule has 1 aromatic carbocycles. The number of allylic oxidation sites excluding steroid dienone is 1. The van der Waals surface area contributed by atoms with E-state index in [1.54, 1.807) is 30.3 Å². The molecule has 6 rings (SSSR count). The SMILES string of the molecule is CC1(S(=O)(=O)NC=O)CC1.COc1ccc2c(O[C@@H]3CC4C(=O)NC(C)C/C=C\CCCCCCC(=O)N4C3)cc(-c3nc(C(C)C)cs3)nc2c1C. The summed E-state index contributed by atoms with van der Waals surface area (Å²) in [6.45, 7) is 10.3. The first-order valence-corrected chi connectivity index (χ1v) is 20.9. The number of pyridine rings is 1. The summed E-state index contributed by atoms with van der Waals surface area (Å²) in [7, 11) is -1.70. The molecule has 3 aliphatic rings. The number of hydrogen-bond acceptors (Lipinski definition) is 10. The quantitative estimate of drug-likeness (QED) is 0.191. The average Bonchev–Trinajstić information content (AvgIpc) is 3.49. The Hall–Kier alpha value is -4.04. The summed E-state index contributed by atoms with van der Waals surface area (Å²) in [5.41, 5.74) is 3.47. The number of ether oxygens (including phenoxy) is 2. The van der Waals surface area contributed by atoms with E-state index in [1.165, 1.54) is 0 Å².